The van der Waals surface area contributed by atoms with Crippen molar-refractivity contribution in [2.45, 2.75) is 13.8 Å². The normalized spacial score (nSPS) is 14.3. The summed E-state index contributed by atoms with van der Waals surface area (Å²) >= 11 is 0. The summed E-state index contributed by atoms with van der Waals surface area (Å²) in [5.74, 6) is 0. The van der Waals surface area contributed by atoms with Crippen LogP contribution in [0.15, 0.2) is 34.2 Å². The van der Waals surface area contributed by atoms with E-state index in [4.69, 9.17) is 15.8 Å². The topological polar surface area (TPSA) is 83.4 Å². The molecule has 0 amide bonds. The highest BCUT2D eigenvalue weighted by Crippen LogP contribution is 2.22. The van der Waals surface area contributed by atoms with Gasteiger partial charge in [-0.1, -0.05) is 0 Å². The van der Waals surface area contributed by atoms with Crippen molar-refractivity contribution in [2.24, 2.45) is 0 Å². The molecule has 0 fully saturated rings. The van der Waals surface area contributed by atoms with Crippen LogP contribution in [0.4, 0.5) is 0 Å². The van der Waals surface area contributed by atoms with E-state index in [1.165, 1.54) is 0 Å². The Kier molecular flexibility index (Phi) is 2.91. The Labute approximate surface area is 88.0 Å². The second kappa shape index (κ2) is 4.13. The van der Waals surface area contributed by atoms with Crippen LogP contribution >= 0.6 is 0 Å². The SMILES string of the molecule is CC1=CC(C)=C(C#N)C(=C(C#N)C#N)N1. The third-order valence-electron chi connectivity index (χ3n) is 1.98. The fourth-order valence-electron chi connectivity index (χ4n) is 1.36. The molecule has 0 radical (unpaired) electrons. The van der Waals surface area contributed by atoms with E-state index >= 15 is 0 Å². The first-order valence-corrected chi connectivity index (χ1v) is 4.25. The highest BCUT2D eigenvalue weighted by atomic mass is 14.9. The minimum Gasteiger partial charge on any atom is -0.356 e. The second-order valence-electron chi connectivity index (χ2n) is 3.10. The van der Waals surface area contributed by atoms with Gasteiger partial charge >= 0.3 is 0 Å². The predicted molar refractivity (Wildman–Crippen MR) is 53.5 cm³/mol. The van der Waals surface area contributed by atoms with E-state index < -0.39 is 0 Å². The molecule has 1 N–H and O–H groups in total. The monoisotopic (exact) mass is 196 g/mol. The number of hydrogen-bond donors (Lipinski definition) is 1. The van der Waals surface area contributed by atoms with Crippen molar-refractivity contribution >= 4 is 0 Å². The molecule has 1 aliphatic heterocycles. The number of dihydropyridines is 1. The largest absolute Gasteiger partial charge is 0.356 e. The van der Waals surface area contributed by atoms with Gasteiger partial charge in [0.05, 0.1) is 11.3 Å². The van der Waals surface area contributed by atoms with Crippen molar-refractivity contribution in [1.82, 2.24) is 5.32 Å². The quantitative estimate of drug-likeness (QED) is 0.597. The van der Waals surface area contributed by atoms with E-state index in [2.05, 4.69) is 5.32 Å². The molecule has 4 nitrogen and oxygen atoms in total. The van der Waals surface area contributed by atoms with Crippen LogP contribution < -0.4 is 5.32 Å². The van der Waals surface area contributed by atoms with Gasteiger partial charge in [0.25, 0.3) is 0 Å². The molecule has 0 aliphatic carbocycles. The number of hydrogen-bond acceptors (Lipinski definition) is 4. The molecule has 0 unspecified atom stereocenters. The maximum atomic E-state index is 8.93. The molecule has 0 saturated carbocycles. The molecule has 4 heteroatoms. The van der Waals surface area contributed by atoms with Gasteiger partial charge in [-0.3, -0.25) is 0 Å². The maximum absolute atomic E-state index is 8.93. The summed E-state index contributed by atoms with van der Waals surface area (Å²) in [4.78, 5) is 0. The average Bonchev–Trinajstić information content (AvgIpc) is 2.19. The Bertz CT molecular complexity index is 496. The molecular formula is C11H8N4. The molecule has 1 heterocycles. The lowest BCUT2D eigenvalue weighted by Gasteiger charge is -2.17. The van der Waals surface area contributed by atoms with E-state index in [9.17, 15) is 0 Å². The molecule has 1 aliphatic rings. The fraction of sp³-hybridized carbons (Fsp3) is 0.182. The van der Waals surface area contributed by atoms with Crippen LogP contribution in [0.2, 0.25) is 0 Å². The van der Waals surface area contributed by atoms with E-state index in [0.29, 0.717) is 11.3 Å². The van der Waals surface area contributed by atoms with E-state index in [1.807, 2.05) is 13.0 Å². The number of rotatable bonds is 0. The molecule has 0 aromatic heterocycles. The van der Waals surface area contributed by atoms with Crippen LogP contribution in [0.1, 0.15) is 13.8 Å². The summed E-state index contributed by atoms with van der Waals surface area (Å²) < 4.78 is 0. The van der Waals surface area contributed by atoms with Gasteiger partial charge in [-0.2, -0.15) is 15.8 Å². The van der Waals surface area contributed by atoms with E-state index in [0.717, 1.165) is 11.3 Å². The molecule has 0 aromatic rings. The Balaban J connectivity index is 3.47. The molecule has 0 atom stereocenters. The average molecular weight is 196 g/mol. The number of nitriles is 3. The molecule has 15 heavy (non-hydrogen) atoms. The summed E-state index contributed by atoms with van der Waals surface area (Å²) in [6.07, 6.45) is 1.80. The Morgan fingerprint density at radius 2 is 1.80 bits per heavy atom. The zero-order valence-electron chi connectivity index (χ0n) is 8.42. The third kappa shape index (κ3) is 1.88. The highest BCUT2D eigenvalue weighted by molar-refractivity contribution is 5.59. The Morgan fingerprint density at radius 1 is 1.20 bits per heavy atom. The van der Waals surface area contributed by atoms with Crippen molar-refractivity contribution in [2.75, 3.05) is 0 Å². The summed E-state index contributed by atoms with van der Waals surface area (Å²) in [6.45, 7) is 3.58. The van der Waals surface area contributed by atoms with Gasteiger partial charge in [-0.15, -0.1) is 0 Å². The predicted octanol–water partition coefficient (Wildman–Crippen LogP) is 1.63. The van der Waals surface area contributed by atoms with Gasteiger partial charge in [0, 0.05) is 5.70 Å². The number of allylic oxidation sites excluding steroid dienone is 5. The van der Waals surface area contributed by atoms with Crippen LogP contribution in [-0.4, -0.2) is 0 Å². The molecule has 72 valence electrons. The van der Waals surface area contributed by atoms with E-state index in [1.54, 1.807) is 25.1 Å². The summed E-state index contributed by atoms with van der Waals surface area (Å²) in [5, 5.41) is 29.3. The number of nitrogens with zero attached hydrogens (tertiary/aromatic N) is 3. The first-order chi connectivity index (χ1) is 7.13. The Morgan fingerprint density at radius 3 is 2.27 bits per heavy atom. The second-order valence-corrected chi connectivity index (χ2v) is 3.10. The third-order valence-corrected chi connectivity index (χ3v) is 1.98. The van der Waals surface area contributed by atoms with Crippen molar-refractivity contribution in [3.05, 3.63) is 34.2 Å². The maximum Gasteiger partial charge on any atom is 0.154 e. The number of nitrogens with one attached hydrogen (secondary N) is 1. The van der Waals surface area contributed by atoms with Crippen LogP contribution in [0.5, 0.6) is 0 Å². The van der Waals surface area contributed by atoms with Gasteiger partial charge in [0.2, 0.25) is 0 Å². The zero-order valence-corrected chi connectivity index (χ0v) is 8.42. The molecule has 0 bridgehead atoms. The van der Waals surface area contributed by atoms with Crippen LogP contribution in [0, 0.1) is 34.0 Å². The van der Waals surface area contributed by atoms with E-state index in [-0.39, 0.29) is 5.57 Å². The summed E-state index contributed by atoms with van der Waals surface area (Å²) in [7, 11) is 0. The summed E-state index contributed by atoms with van der Waals surface area (Å²) in [6, 6.07) is 5.53. The Hall–Kier alpha value is -2.51. The van der Waals surface area contributed by atoms with Gasteiger partial charge in [0.15, 0.2) is 5.57 Å². The van der Waals surface area contributed by atoms with Crippen molar-refractivity contribution in [3.8, 4) is 18.2 Å². The first kappa shape index (κ1) is 10.6. The van der Waals surface area contributed by atoms with Crippen molar-refractivity contribution in [3.63, 3.8) is 0 Å². The minimum atomic E-state index is -0.0710. The van der Waals surface area contributed by atoms with Gasteiger partial charge < -0.3 is 5.32 Å². The van der Waals surface area contributed by atoms with Crippen LogP contribution in [0.3, 0.4) is 0 Å². The molecular weight excluding hydrogens is 188 g/mol. The van der Waals surface area contributed by atoms with Crippen LogP contribution in [-0.2, 0) is 0 Å². The highest BCUT2D eigenvalue weighted by Gasteiger charge is 2.17. The fourth-order valence-corrected chi connectivity index (χ4v) is 1.36. The molecule has 0 aromatic carbocycles. The lowest BCUT2D eigenvalue weighted by Crippen LogP contribution is -2.18. The van der Waals surface area contributed by atoms with Gasteiger partial charge in [-0.05, 0) is 25.5 Å². The summed E-state index contributed by atoms with van der Waals surface area (Å²) in [5.41, 5.74) is 2.15. The zero-order chi connectivity index (χ0) is 11.4. The molecule has 1 rings (SSSR count). The van der Waals surface area contributed by atoms with Crippen LogP contribution in [0.25, 0.3) is 0 Å². The first-order valence-electron chi connectivity index (χ1n) is 4.25. The van der Waals surface area contributed by atoms with Crippen molar-refractivity contribution in [1.29, 1.82) is 15.8 Å². The molecule has 0 saturated heterocycles. The molecule has 0 spiro atoms. The van der Waals surface area contributed by atoms with Gasteiger partial charge in [0.1, 0.15) is 18.2 Å². The smallest absolute Gasteiger partial charge is 0.154 e. The lowest BCUT2D eigenvalue weighted by atomic mass is 9.99. The standard InChI is InChI=1S/C11H8N4/c1-7-3-8(2)15-11(10(7)6-14)9(4-12)5-13/h3,15H,1-2H3. The van der Waals surface area contributed by atoms with Crippen molar-refractivity contribution < 1.29 is 0 Å². The van der Waals surface area contributed by atoms with Gasteiger partial charge in [-0.25, -0.2) is 0 Å². The minimum absolute atomic E-state index is 0.0710. The lowest BCUT2D eigenvalue weighted by molar-refractivity contribution is 0.950.